The van der Waals surface area contributed by atoms with Crippen molar-refractivity contribution in [1.82, 2.24) is 24.7 Å². The van der Waals surface area contributed by atoms with E-state index in [9.17, 15) is 13.8 Å². The molecule has 8 nitrogen and oxygen atoms in total. The van der Waals surface area contributed by atoms with E-state index in [1.54, 1.807) is 6.20 Å². The Morgan fingerprint density at radius 3 is 2.83 bits per heavy atom. The standard InChI is InChI=1S/C14H19N5O3S/c1-2-15-14(21)18-5-3-10(4-6-18)11-8-16-19(9-11)13-7-12(20)17-23(13)22/h7-10H,2-6H2,1H3,(H,15,21)(H,17,20). The van der Waals surface area contributed by atoms with E-state index in [0.29, 0.717) is 30.6 Å². The van der Waals surface area contributed by atoms with Crippen molar-refractivity contribution >= 4 is 28.0 Å². The van der Waals surface area contributed by atoms with Crippen LogP contribution >= 0.6 is 0 Å². The fraction of sp³-hybridized carbons (Fsp3) is 0.500. The number of carbonyl (C=O) groups is 2. The van der Waals surface area contributed by atoms with E-state index in [1.807, 2.05) is 18.0 Å². The van der Waals surface area contributed by atoms with Crippen molar-refractivity contribution in [1.29, 1.82) is 0 Å². The second-order valence-electron chi connectivity index (χ2n) is 5.53. The minimum atomic E-state index is -1.55. The van der Waals surface area contributed by atoms with E-state index in [-0.39, 0.29) is 11.9 Å². The van der Waals surface area contributed by atoms with Crippen LogP contribution in [0.2, 0.25) is 0 Å². The Bertz CT molecular complexity index is 676. The molecule has 3 heterocycles. The Morgan fingerprint density at radius 1 is 1.48 bits per heavy atom. The predicted octanol–water partition coefficient (Wildman–Crippen LogP) is 0.384. The number of nitrogens with one attached hydrogen (secondary N) is 2. The monoisotopic (exact) mass is 337 g/mol. The molecule has 2 aliphatic rings. The molecule has 1 unspecified atom stereocenters. The summed E-state index contributed by atoms with van der Waals surface area (Å²) in [7, 11) is -1.55. The van der Waals surface area contributed by atoms with Gasteiger partial charge in [-0.3, -0.25) is 9.52 Å². The summed E-state index contributed by atoms with van der Waals surface area (Å²) < 4.78 is 15.5. The van der Waals surface area contributed by atoms with Gasteiger partial charge < -0.3 is 10.2 Å². The van der Waals surface area contributed by atoms with Gasteiger partial charge in [-0.05, 0) is 31.2 Å². The van der Waals surface area contributed by atoms with E-state index in [0.717, 1.165) is 18.4 Å². The number of urea groups is 1. The fourth-order valence-electron chi connectivity index (χ4n) is 2.84. The molecule has 3 rings (SSSR count). The van der Waals surface area contributed by atoms with E-state index in [1.165, 1.54) is 10.8 Å². The van der Waals surface area contributed by atoms with Crippen molar-refractivity contribution in [3.63, 3.8) is 0 Å². The zero-order valence-electron chi connectivity index (χ0n) is 12.8. The highest BCUT2D eigenvalue weighted by Crippen LogP contribution is 2.28. The van der Waals surface area contributed by atoms with Gasteiger partial charge in [-0.1, -0.05) is 0 Å². The summed E-state index contributed by atoms with van der Waals surface area (Å²) in [5.41, 5.74) is 1.04. The molecule has 0 bridgehead atoms. The minimum absolute atomic E-state index is 0.0160. The molecule has 1 aromatic rings. The molecule has 1 aromatic heterocycles. The molecule has 9 heteroatoms. The van der Waals surface area contributed by atoms with Crippen LogP contribution in [0.25, 0.3) is 5.03 Å². The number of hydrogen-bond acceptors (Lipinski definition) is 4. The first-order valence-corrected chi connectivity index (χ1v) is 8.75. The molecule has 0 radical (unpaired) electrons. The molecule has 124 valence electrons. The summed E-state index contributed by atoms with van der Waals surface area (Å²) >= 11 is 0. The van der Waals surface area contributed by atoms with Crippen LogP contribution in [0.15, 0.2) is 18.5 Å². The Labute approximate surface area is 136 Å². The first-order valence-electron chi connectivity index (χ1n) is 7.60. The molecule has 2 aliphatic heterocycles. The summed E-state index contributed by atoms with van der Waals surface area (Å²) in [6.45, 7) is 3.94. The molecule has 0 spiro atoms. The maximum Gasteiger partial charge on any atom is 0.317 e. The van der Waals surface area contributed by atoms with Gasteiger partial charge in [0.25, 0.3) is 5.91 Å². The van der Waals surface area contributed by atoms with E-state index in [4.69, 9.17) is 0 Å². The van der Waals surface area contributed by atoms with Crippen LogP contribution < -0.4 is 10.0 Å². The lowest BCUT2D eigenvalue weighted by Crippen LogP contribution is -2.43. The molecular formula is C14H19N5O3S. The SMILES string of the molecule is CCNC(=O)N1CCC(c2cnn(C3=CC(=O)NS3=O)c2)CC1. The molecule has 1 saturated heterocycles. The number of nitrogens with zero attached hydrogens (tertiary/aromatic N) is 3. The second kappa shape index (κ2) is 6.53. The third kappa shape index (κ3) is 3.29. The summed E-state index contributed by atoms with van der Waals surface area (Å²) in [5.74, 6) is -0.0563. The third-order valence-electron chi connectivity index (χ3n) is 4.05. The van der Waals surface area contributed by atoms with E-state index in [2.05, 4.69) is 15.1 Å². The number of piperidine rings is 1. The molecule has 0 aliphatic carbocycles. The van der Waals surface area contributed by atoms with Gasteiger partial charge in [0.15, 0.2) is 16.0 Å². The molecule has 1 atom stereocenters. The number of hydrogen-bond donors (Lipinski definition) is 2. The lowest BCUT2D eigenvalue weighted by molar-refractivity contribution is -0.114. The smallest absolute Gasteiger partial charge is 0.317 e. The van der Waals surface area contributed by atoms with Crippen LogP contribution in [0.5, 0.6) is 0 Å². The molecule has 23 heavy (non-hydrogen) atoms. The first kappa shape index (κ1) is 15.7. The van der Waals surface area contributed by atoms with Gasteiger partial charge in [0.05, 0.1) is 6.20 Å². The van der Waals surface area contributed by atoms with Crippen molar-refractivity contribution in [2.45, 2.75) is 25.7 Å². The van der Waals surface area contributed by atoms with Crippen molar-refractivity contribution < 1.29 is 13.8 Å². The van der Waals surface area contributed by atoms with Gasteiger partial charge in [-0.25, -0.2) is 13.7 Å². The highest BCUT2D eigenvalue weighted by atomic mass is 32.2. The first-order chi connectivity index (χ1) is 11.1. The second-order valence-corrected chi connectivity index (χ2v) is 6.69. The Balaban J connectivity index is 1.64. The molecular weight excluding hydrogens is 318 g/mol. The van der Waals surface area contributed by atoms with Crippen molar-refractivity contribution in [3.05, 3.63) is 24.0 Å². The van der Waals surface area contributed by atoms with Crippen LogP contribution in [0.4, 0.5) is 4.79 Å². The van der Waals surface area contributed by atoms with Crippen LogP contribution in [0.1, 0.15) is 31.2 Å². The largest absolute Gasteiger partial charge is 0.338 e. The van der Waals surface area contributed by atoms with Crippen molar-refractivity contribution in [3.8, 4) is 0 Å². The van der Waals surface area contributed by atoms with Crippen LogP contribution in [0, 0.1) is 0 Å². The Kier molecular flexibility index (Phi) is 4.46. The topological polar surface area (TPSA) is 96.3 Å². The lowest BCUT2D eigenvalue weighted by Gasteiger charge is -2.31. The van der Waals surface area contributed by atoms with Gasteiger partial charge in [0, 0.05) is 31.9 Å². The van der Waals surface area contributed by atoms with Gasteiger partial charge in [0.2, 0.25) is 0 Å². The maximum absolute atomic E-state index is 11.8. The summed E-state index contributed by atoms with van der Waals surface area (Å²) in [4.78, 5) is 24.9. The Morgan fingerprint density at radius 2 is 2.22 bits per heavy atom. The number of carbonyl (C=O) groups excluding carboxylic acids is 2. The van der Waals surface area contributed by atoms with Gasteiger partial charge in [-0.15, -0.1) is 0 Å². The van der Waals surface area contributed by atoms with Gasteiger partial charge in [0.1, 0.15) is 0 Å². The molecule has 3 amide bonds. The quantitative estimate of drug-likeness (QED) is 0.833. The van der Waals surface area contributed by atoms with Crippen LogP contribution in [-0.2, 0) is 15.8 Å². The van der Waals surface area contributed by atoms with E-state index < -0.39 is 11.0 Å². The molecule has 1 fully saturated rings. The summed E-state index contributed by atoms with van der Waals surface area (Å²) in [6, 6.07) is -0.0160. The van der Waals surface area contributed by atoms with Crippen molar-refractivity contribution in [2.75, 3.05) is 19.6 Å². The number of rotatable bonds is 3. The zero-order valence-corrected chi connectivity index (χ0v) is 13.6. The lowest BCUT2D eigenvalue weighted by atomic mass is 9.92. The zero-order chi connectivity index (χ0) is 16.4. The average Bonchev–Trinajstić information content (AvgIpc) is 3.14. The molecule has 2 N–H and O–H groups in total. The van der Waals surface area contributed by atoms with Gasteiger partial charge >= 0.3 is 6.03 Å². The summed E-state index contributed by atoms with van der Waals surface area (Å²) in [6.07, 6.45) is 6.58. The number of likely N-dealkylation sites (tertiary alicyclic amines) is 1. The molecule has 0 saturated carbocycles. The number of aromatic nitrogens is 2. The molecule has 0 aromatic carbocycles. The normalized spacial score (nSPS) is 22.0. The highest BCUT2D eigenvalue weighted by Gasteiger charge is 2.26. The summed E-state index contributed by atoms with van der Waals surface area (Å²) in [5, 5.41) is 7.37. The van der Waals surface area contributed by atoms with Crippen molar-refractivity contribution in [2.24, 2.45) is 0 Å². The average molecular weight is 337 g/mol. The van der Waals surface area contributed by atoms with Gasteiger partial charge in [-0.2, -0.15) is 5.10 Å². The Hall–Kier alpha value is -2.16. The number of amides is 3. The highest BCUT2D eigenvalue weighted by molar-refractivity contribution is 7.93. The predicted molar refractivity (Wildman–Crippen MR) is 85.4 cm³/mol. The third-order valence-corrected chi connectivity index (χ3v) is 5.12. The van der Waals surface area contributed by atoms with E-state index >= 15 is 0 Å². The van der Waals surface area contributed by atoms with Crippen LogP contribution in [0.3, 0.4) is 0 Å². The maximum atomic E-state index is 11.8. The minimum Gasteiger partial charge on any atom is -0.338 e. The van der Waals surface area contributed by atoms with Crippen LogP contribution in [-0.4, -0.2) is 50.5 Å². The fourth-order valence-corrected chi connectivity index (χ4v) is 3.67.